The average molecular weight is 358 g/mol. The Morgan fingerprint density at radius 3 is 2.35 bits per heavy atom. The predicted octanol–water partition coefficient (Wildman–Crippen LogP) is 3.66. The van der Waals surface area contributed by atoms with Gasteiger partial charge >= 0.3 is 0 Å². The fraction of sp³-hybridized carbons (Fsp3) is 0.647. The lowest BCUT2D eigenvalue weighted by Crippen LogP contribution is -2.28. The van der Waals surface area contributed by atoms with E-state index in [1.165, 1.54) is 32.1 Å². The van der Waals surface area contributed by atoms with Crippen LogP contribution in [-0.4, -0.2) is 33.1 Å². The molecule has 2 rings (SSSR count). The molecule has 1 fully saturated rings. The normalized spacial score (nSPS) is 16.5. The highest BCUT2D eigenvalue weighted by Crippen LogP contribution is 2.28. The zero-order chi connectivity index (χ0) is 16.9. The molecule has 0 spiro atoms. The lowest BCUT2D eigenvalue weighted by Gasteiger charge is -2.21. The molecule has 0 heterocycles. The quantitative estimate of drug-likeness (QED) is 0.757. The fourth-order valence-corrected chi connectivity index (χ4v) is 5.99. The van der Waals surface area contributed by atoms with Crippen molar-refractivity contribution in [1.82, 2.24) is 4.72 Å². The number of hydrogen-bond acceptors (Lipinski definition) is 4. The molecule has 0 radical (unpaired) electrons. The third-order valence-electron chi connectivity index (χ3n) is 4.24. The van der Waals surface area contributed by atoms with E-state index in [4.69, 9.17) is 4.74 Å². The zero-order valence-electron chi connectivity index (χ0n) is 14.2. The minimum Gasteiger partial charge on any atom is -0.497 e. The second-order valence-electron chi connectivity index (χ2n) is 6.12. The van der Waals surface area contributed by atoms with Gasteiger partial charge in [0.15, 0.2) is 0 Å². The first-order valence-corrected chi connectivity index (χ1v) is 10.7. The summed E-state index contributed by atoms with van der Waals surface area (Å²) in [5.41, 5.74) is 1.43. The Hall–Kier alpha value is -0.720. The molecule has 23 heavy (non-hydrogen) atoms. The standard InChI is InChI=1S/C17H27NO3S2/c1-13-11-15(21-3)12-14(2)17(13)23(19,20)18-9-10-22-16-7-5-4-6-8-16/h11-12,16,18H,4-10H2,1-3H3. The molecule has 1 aliphatic rings. The minimum atomic E-state index is -3.47. The van der Waals surface area contributed by atoms with Gasteiger partial charge in [-0.25, -0.2) is 13.1 Å². The number of methoxy groups -OCH3 is 1. The highest BCUT2D eigenvalue weighted by atomic mass is 32.2. The summed E-state index contributed by atoms with van der Waals surface area (Å²) in [5.74, 6) is 1.52. The number of ether oxygens (including phenoxy) is 1. The van der Waals surface area contributed by atoms with Crippen molar-refractivity contribution >= 4 is 21.8 Å². The molecule has 0 saturated heterocycles. The van der Waals surface area contributed by atoms with Gasteiger partial charge in [0.05, 0.1) is 12.0 Å². The maximum absolute atomic E-state index is 12.6. The third kappa shape index (κ3) is 5.13. The molecule has 1 saturated carbocycles. The van der Waals surface area contributed by atoms with Crippen LogP contribution in [0.2, 0.25) is 0 Å². The van der Waals surface area contributed by atoms with Gasteiger partial charge in [0, 0.05) is 17.5 Å². The number of aryl methyl sites for hydroxylation is 2. The summed E-state index contributed by atoms with van der Waals surface area (Å²) in [6, 6.07) is 3.52. The van der Waals surface area contributed by atoms with Crippen molar-refractivity contribution in [2.24, 2.45) is 0 Å². The second-order valence-corrected chi connectivity index (χ2v) is 9.23. The highest BCUT2D eigenvalue weighted by Gasteiger charge is 2.20. The van der Waals surface area contributed by atoms with Crippen molar-refractivity contribution in [3.05, 3.63) is 23.3 Å². The molecular formula is C17H27NO3S2. The Kier molecular flexibility index (Phi) is 6.80. The van der Waals surface area contributed by atoms with Crippen LogP contribution in [0.1, 0.15) is 43.2 Å². The van der Waals surface area contributed by atoms with E-state index in [-0.39, 0.29) is 0 Å². The van der Waals surface area contributed by atoms with Gasteiger partial charge in [-0.1, -0.05) is 19.3 Å². The number of thioether (sulfide) groups is 1. The molecule has 4 nitrogen and oxygen atoms in total. The number of nitrogens with one attached hydrogen (secondary N) is 1. The van der Waals surface area contributed by atoms with Crippen LogP contribution in [-0.2, 0) is 10.0 Å². The first-order valence-electron chi connectivity index (χ1n) is 8.20. The van der Waals surface area contributed by atoms with Gasteiger partial charge in [0.1, 0.15) is 5.75 Å². The summed E-state index contributed by atoms with van der Waals surface area (Å²) >= 11 is 1.90. The molecule has 0 unspecified atom stereocenters. The smallest absolute Gasteiger partial charge is 0.241 e. The van der Waals surface area contributed by atoms with Gasteiger partial charge < -0.3 is 4.74 Å². The van der Waals surface area contributed by atoms with E-state index in [0.29, 0.717) is 33.6 Å². The molecule has 1 aliphatic carbocycles. The average Bonchev–Trinajstić information content (AvgIpc) is 2.51. The zero-order valence-corrected chi connectivity index (χ0v) is 15.9. The van der Waals surface area contributed by atoms with E-state index < -0.39 is 10.0 Å². The monoisotopic (exact) mass is 357 g/mol. The molecule has 1 aromatic rings. The lowest BCUT2D eigenvalue weighted by atomic mass is 10.0. The van der Waals surface area contributed by atoms with Crippen molar-refractivity contribution in [3.63, 3.8) is 0 Å². The molecule has 6 heteroatoms. The Bertz CT molecular complexity index is 600. The topological polar surface area (TPSA) is 55.4 Å². The summed E-state index contributed by atoms with van der Waals surface area (Å²) in [6.07, 6.45) is 6.52. The van der Waals surface area contributed by atoms with Gasteiger partial charge in [-0.05, 0) is 49.9 Å². The summed E-state index contributed by atoms with van der Waals surface area (Å²) in [6.45, 7) is 4.09. The Balaban J connectivity index is 1.93. The van der Waals surface area contributed by atoms with E-state index in [1.54, 1.807) is 33.1 Å². The summed E-state index contributed by atoms with van der Waals surface area (Å²) in [4.78, 5) is 0.376. The summed E-state index contributed by atoms with van der Waals surface area (Å²) < 4.78 is 33.1. The van der Waals surface area contributed by atoms with Gasteiger partial charge in [-0.15, -0.1) is 0 Å². The van der Waals surface area contributed by atoms with Crippen LogP contribution in [0.4, 0.5) is 0 Å². The maximum atomic E-state index is 12.6. The maximum Gasteiger partial charge on any atom is 0.241 e. The number of sulfonamides is 1. The van der Waals surface area contributed by atoms with Crippen LogP contribution >= 0.6 is 11.8 Å². The van der Waals surface area contributed by atoms with Crippen LogP contribution in [0.15, 0.2) is 17.0 Å². The van der Waals surface area contributed by atoms with Crippen LogP contribution in [0, 0.1) is 13.8 Å². The van der Waals surface area contributed by atoms with E-state index in [0.717, 1.165) is 5.75 Å². The molecule has 1 aromatic carbocycles. The summed E-state index contributed by atoms with van der Waals surface area (Å²) in [5, 5.41) is 0.706. The molecule has 0 aromatic heterocycles. The number of benzene rings is 1. The van der Waals surface area contributed by atoms with Crippen molar-refractivity contribution in [2.75, 3.05) is 19.4 Å². The minimum absolute atomic E-state index is 0.376. The van der Waals surface area contributed by atoms with E-state index in [2.05, 4.69) is 4.72 Å². The van der Waals surface area contributed by atoms with Crippen molar-refractivity contribution in [1.29, 1.82) is 0 Å². The molecule has 0 amide bonds. The molecule has 0 bridgehead atoms. The van der Waals surface area contributed by atoms with Crippen molar-refractivity contribution < 1.29 is 13.2 Å². The summed E-state index contributed by atoms with van der Waals surface area (Å²) in [7, 11) is -1.88. The van der Waals surface area contributed by atoms with Crippen LogP contribution < -0.4 is 9.46 Å². The van der Waals surface area contributed by atoms with Gasteiger partial charge in [-0.3, -0.25) is 0 Å². The van der Waals surface area contributed by atoms with Gasteiger partial charge in [-0.2, -0.15) is 11.8 Å². The Morgan fingerprint density at radius 1 is 1.17 bits per heavy atom. The molecule has 0 aliphatic heterocycles. The molecule has 130 valence electrons. The first-order chi connectivity index (χ1) is 10.9. The molecule has 1 N–H and O–H groups in total. The van der Waals surface area contributed by atoms with E-state index in [9.17, 15) is 8.42 Å². The van der Waals surface area contributed by atoms with Crippen molar-refractivity contribution in [3.8, 4) is 5.75 Å². The van der Waals surface area contributed by atoms with Crippen LogP contribution in [0.3, 0.4) is 0 Å². The Labute approximate surface area is 144 Å². The predicted molar refractivity (Wildman–Crippen MR) is 97.0 cm³/mol. The molecule has 0 atom stereocenters. The molecular weight excluding hydrogens is 330 g/mol. The number of hydrogen-bond donors (Lipinski definition) is 1. The van der Waals surface area contributed by atoms with E-state index >= 15 is 0 Å². The first kappa shape index (κ1) is 18.6. The fourth-order valence-electron chi connectivity index (χ4n) is 3.16. The lowest BCUT2D eigenvalue weighted by molar-refractivity contribution is 0.413. The Morgan fingerprint density at radius 2 is 1.78 bits per heavy atom. The van der Waals surface area contributed by atoms with Gasteiger partial charge in [0.2, 0.25) is 10.0 Å². The third-order valence-corrected chi connectivity index (χ3v) is 7.39. The number of rotatable bonds is 7. The largest absolute Gasteiger partial charge is 0.497 e. The highest BCUT2D eigenvalue weighted by molar-refractivity contribution is 8.00. The second kappa shape index (κ2) is 8.40. The van der Waals surface area contributed by atoms with Gasteiger partial charge in [0.25, 0.3) is 0 Å². The van der Waals surface area contributed by atoms with Crippen molar-refractivity contribution in [2.45, 2.75) is 56.1 Å². The van der Waals surface area contributed by atoms with Crippen LogP contribution in [0.5, 0.6) is 5.75 Å². The van der Waals surface area contributed by atoms with E-state index in [1.807, 2.05) is 11.8 Å². The SMILES string of the molecule is COc1cc(C)c(S(=O)(=O)NCCSC2CCCCC2)c(C)c1. The van der Waals surface area contributed by atoms with Crippen LogP contribution in [0.25, 0.3) is 0 Å².